The van der Waals surface area contributed by atoms with E-state index in [4.69, 9.17) is 14.2 Å². The fourth-order valence-corrected chi connectivity index (χ4v) is 1.78. The number of pyridine rings is 1. The smallest absolute Gasteiger partial charge is 0.203 e. The van der Waals surface area contributed by atoms with Crippen LogP contribution in [-0.4, -0.2) is 26.3 Å². The summed E-state index contributed by atoms with van der Waals surface area (Å²) in [6.07, 6.45) is 3.53. The number of ether oxygens (including phenoxy) is 3. The van der Waals surface area contributed by atoms with Gasteiger partial charge in [-0.3, -0.25) is 4.98 Å². The SMILES string of the molecule is COc1cc(-c2cccnc2)cc(OC)c1OC. The summed E-state index contributed by atoms with van der Waals surface area (Å²) in [4.78, 5) is 4.10. The van der Waals surface area contributed by atoms with Crippen molar-refractivity contribution in [3.05, 3.63) is 36.7 Å². The fraction of sp³-hybridized carbons (Fsp3) is 0.214. The van der Waals surface area contributed by atoms with E-state index < -0.39 is 0 Å². The molecule has 0 radical (unpaired) electrons. The molecule has 4 heteroatoms. The number of hydrogen-bond acceptors (Lipinski definition) is 4. The molecule has 18 heavy (non-hydrogen) atoms. The van der Waals surface area contributed by atoms with Gasteiger partial charge in [0.15, 0.2) is 11.5 Å². The molecule has 94 valence electrons. The Morgan fingerprint density at radius 1 is 0.889 bits per heavy atom. The molecular weight excluding hydrogens is 230 g/mol. The molecule has 0 unspecified atom stereocenters. The van der Waals surface area contributed by atoms with Crippen molar-refractivity contribution in [2.45, 2.75) is 0 Å². The van der Waals surface area contributed by atoms with Crippen LogP contribution in [0.15, 0.2) is 36.7 Å². The van der Waals surface area contributed by atoms with Crippen LogP contribution in [0.5, 0.6) is 17.2 Å². The summed E-state index contributed by atoms with van der Waals surface area (Å²) < 4.78 is 15.9. The summed E-state index contributed by atoms with van der Waals surface area (Å²) in [6, 6.07) is 7.67. The third-order valence-electron chi connectivity index (χ3n) is 2.66. The molecule has 1 heterocycles. The molecule has 0 spiro atoms. The van der Waals surface area contributed by atoms with Crippen molar-refractivity contribution in [1.29, 1.82) is 0 Å². The zero-order chi connectivity index (χ0) is 13.0. The molecule has 0 aliphatic heterocycles. The van der Waals surface area contributed by atoms with Crippen LogP contribution in [0.2, 0.25) is 0 Å². The Balaban J connectivity index is 2.57. The molecule has 0 atom stereocenters. The summed E-state index contributed by atoms with van der Waals surface area (Å²) in [5.41, 5.74) is 1.97. The summed E-state index contributed by atoms with van der Waals surface area (Å²) in [5.74, 6) is 1.86. The average Bonchev–Trinajstić information content (AvgIpc) is 2.46. The van der Waals surface area contributed by atoms with Gasteiger partial charge in [-0.15, -0.1) is 0 Å². The van der Waals surface area contributed by atoms with E-state index in [0.29, 0.717) is 17.2 Å². The minimum absolute atomic E-state index is 0.590. The van der Waals surface area contributed by atoms with E-state index in [1.165, 1.54) is 0 Å². The van der Waals surface area contributed by atoms with Crippen molar-refractivity contribution in [2.75, 3.05) is 21.3 Å². The highest BCUT2D eigenvalue weighted by molar-refractivity contribution is 5.70. The first-order valence-corrected chi connectivity index (χ1v) is 5.50. The number of aromatic nitrogens is 1. The molecule has 2 aromatic rings. The summed E-state index contributed by atoms with van der Waals surface area (Å²) in [7, 11) is 4.79. The molecule has 0 aliphatic carbocycles. The standard InChI is InChI=1S/C14H15NO3/c1-16-12-7-11(10-5-4-6-15-9-10)8-13(17-2)14(12)18-3/h4-9H,1-3H3. The van der Waals surface area contributed by atoms with Gasteiger partial charge in [0, 0.05) is 18.0 Å². The van der Waals surface area contributed by atoms with Crippen LogP contribution in [-0.2, 0) is 0 Å². The van der Waals surface area contributed by atoms with E-state index in [1.807, 2.05) is 24.3 Å². The van der Waals surface area contributed by atoms with E-state index in [9.17, 15) is 0 Å². The Bertz CT molecular complexity index is 501. The van der Waals surface area contributed by atoms with Crippen molar-refractivity contribution in [3.8, 4) is 28.4 Å². The number of hydrogen-bond donors (Lipinski definition) is 0. The average molecular weight is 245 g/mol. The number of nitrogens with zero attached hydrogens (tertiary/aromatic N) is 1. The molecule has 1 aromatic heterocycles. The lowest BCUT2D eigenvalue weighted by atomic mass is 10.1. The first-order chi connectivity index (χ1) is 8.80. The third kappa shape index (κ3) is 2.22. The summed E-state index contributed by atoms with van der Waals surface area (Å²) >= 11 is 0. The minimum atomic E-state index is 0.590. The van der Waals surface area contributed by atoms with Crippen LogP contribution >= 0.6 is 0 Å². The van der Waals surface area contributed by atoms with Gasteiger partial charge < -0.3 is 14.2 Å². The first-order valence-electron chi connectivity index (χ1n) is 5.50. The van der Waals surface area contributed by atoms with E-state index in [1.54, 1.807) is 33.7 Å². The van der Waals surface area contributed by atoms with Crippen LogP contribution in [0.3, 0.4) is 0 Å². The second kappa shape index (κ2) is 5.40. The van der Waals surface area contributed by atoms with Crippen molar-refractivity contribution >= 4 is 0 Å². The first kappa shape index (κ1) is 12.2. The molecule has 0 amide bonds. The lowest BCUT2D eigenvalue weighted by Crippen LogP contribution is -1.95. The van der Waals surface area contributed by atoms with Gasteiger partial charge in [0.25, 0.3) is 0 Å². The fourth-order valence-electron chi connectivity index (χ4n) is 1.78. The molecule has 1 aromatic carbocycles. The van der Waals surface area contributed by atoms with Crippen molar-refractivity contribution in [3.63, 3.8) is 0 Å². The Labute approximate surface area is 106 Å². The largest absolute Gasteiger partial charge is 0.493 e. The van der Waals surface area contributed by atoms with E-state index >= 15 is 0 Å². The summed E-state index contributed by atoms with van der Waals surface area (Å²) in [6.45, 7) is 0. The van der Waals surface area contributed by atoms with Crippen LogP contribution in [0.4, 0.5) is 0 Å². The predicted molar refractivity (Wildman–Crippen MR) is 69.3 cm³/mol. The van der Waals surface area contributed by atoms with Crippen LogP contribution in [0.25, 0.3) is 11.1 Å². The van der Waals surface area contributed by atoms with Crippen molar-refractivity contribution in [2.24, 2.45) is 0 Å². The van der Waals surface area contributed by atoms with E-state index in [2.05, 4.69) is 4.98 Å². The van der Waals surface area contributed by atoms with E-state index in [-0.39, 0.29) is 0 Å². The molecular formula is C14H15NO3. The van der Waals surface area contributed by atoms with Crippen LogP contribution in [0.1, 0.15) is 0 Å². The maximum absolute atomic E-state index is 5.32. The Kier molecular flexibility index (Phi) is 3.67. The predicted octanol–water partition coefficient (Wildman–Crippen LogP) is 2.77. The maximum atomic E-state index is 5.32. The highest BCUT2D eigenvalue weighted by Gasteiger charge is 2.13. The zero-order valence-electron chi connectivity index (χ0n) is 10.6. The normalized spacial score (nSPS) is 9.94. The van der Waals surface area contributed by atoms with Gasteiger partial charge in [0.2, 0.25) is 5.75 Å². The minimum Gasteiger partial charge on any atom is -0.493 e. The van der Waals surface area contributed by atoms with Gasteiger partial charge in [-0.1, -0.05) is 6.07 Å². The molecule has 0 bridgehead atoms. The molecule has 0 N–H and O–H groups in total. The van der Waals surface area contributed by atoms with Crippen molar-refractivity contribution < 1.29 is 14.2 Å². The monoisotopic (exact) mass is 245 g/mol. The number of rotatable bonds is 4. The second-order valence-corrected chi connectivity index (χ2v) is 3.66. The van der Waals surface area contributed by atoms with Crippen LogP contribution < -0.4 is 14.2 Å². The van der Waals surface area contributed by atoms with Crippen molar-refractivity contribution in [1.82, 2.24) is 4.98 Å². The van der Waals surface area contributed by atoms with Gasteiger partial charge in [-0.05, 0) is 23.8 Å². The molecule has 4 nitrogen and oxygen atoms in total. The summed E-state index contributed by atoms with van der Waals surface area (Å²) in [5, 5.41) is 0. The lowest BCUT2D eigenvalue weighted by Gasteiger charge is -2.14. The van der Waals surface area contributed by atoms with Gasteiger partial charge in [-0.25, -0.2) is 0 Å². The van der Waals surface area contributed by atoms with Gasteiger partial charge in [0.05, 0.1) is 21.3 Å². The van der Waals surface area contributed by atoms with E-state index in [0.717, 1.165) is 11.1 Å². The molecule has 0 saturated carbocycles. The highest BCUT2D eigenvalue weighted by Crippen LogP contribution is 2.40. The zero-order valence-corrected chi connectivity index (χ0v) is 10.6. The molecule has 0 aliphatic rings. The maximum Gasteiger partial charge on any atom is 0.203 e. The van der Waals surface area contributed by atoms with Crippen LogP contribution in [0, 0.1) is 0 Å². The quantitative estimate of drug-likeness (QED) is 0.830. The molecule has 0 saturated heterocycles. The third-order valence-corrected chi connectivity index (χ3v) is 2.66. The molecule has 0 fully saturated rings. The topological polar surface area (TPSA) is 40.6 Å². The van der Waals surface area contributed by atoms with Gasteiger partial charge in [0.1, 0.15) is 0 Å². The van der Waals surface area contributed by atoms with Gasteiger partial charge >= 0.3 is 0 Å². The highest BCUT2D eigenvalue weighted by atomic mass is 16.5. The second-order valence-electron chi connectivity index (χ2n) is 3.66. The Hall–Kier alpha value is -2.23. The van der Waals surface area contributed by atoms with Gasteiger partial charge in [-0.2, -0.15) is 0 Å². The molecule has 2 rings (SSSR count). The lowest BCUT2D eigenvalue weighted by molar-refractivity contribution is 0.324. The number of methoxy groups -OCH3 is 3. The Morgan fingerprint density at radius 3 is 2.00 bits per heavy atom. The number of benzene rings is 1. The Morgan fingerprint density at radius 2 is 1.56 bits per heavy atom.